The van der Waals surface area contributed by atoms with E-state index in [4.69, 9.17) is 0 Å². The summed E-state index contributed by atoms with van der Waals surface area (Å²) in [7, 11) is 0. The zero-order valence-corrected chi connectivity index (χ0v) is 16.6. The largest absolute Gasteiger partial charge is 0.326 e. The molecule has 27 heavy (non-hydrogen) atoms. The van der Waals surface area contributed by atoms with Crippen LogP contribution in [0.25, 0.3) is 10.2 Å². The number of anilines is 2. The zero-order valence-electron chi connectivity index (χ0n) is 15.0. The van der Waals surface area contributed by atoms with Crippen molar-refractivity contribution in [1.82, 2.24) is 9.97 Å². The van der Waals surface area contributed by atoms with Gasteiger partial charge in [-0.25, -0.2) is 4.98 Å². The van der Waals surface area contributed by atoms with Crippen molar-refractivity contribution in [2.24, 2.45) is 0 Å². The molecule has 2 amide bonds. The predicted molar refractivity (Wildman–Crippen MR) is 110 cm³/mol. The second-order valence-corrected chi connectivity index (χ2v) is 8.10. The highest BCUT2D eigenvalue weighted by Gasteiger charge is 2.13. The molecule has 140 valence electrons. The lowest BCUT2D eigenvalue weighted by Gasteiger charge is -2.07. The molecule has 3 rings (SSSR count). The van der Waals surface area contributed by atoms with Crippen LogP contribution in [0.2, 0.25) is 0 Å². The van der Waals surface area contributed by atoms with Crippen molar-refractivity contribution < 1.29 is 9.59 Å². The normalized spacial score (nSPS) is 10.8. The van der Waals surface area contributed by atoms with E-state index in [1.54, 1.807) is 24.3 Å². The molecule has 0 spiro atoms. The molecule has 0 saturated carbocycles. The fourth-order valence-corrected chi connectivity index (χ4v) is 4.26. The Morgan fingerprint density at radius 3 is 2.63 bits per heavy atom. The van der Waals surface area contributed by atoms with Gasteiger partial charge in [0.05, 0.1) is 11.1 Å². The zero-order chi connectivity index (χ0) is 19.6. The van der Waals surface area contributed by atoms with E-state index in [-0.39, 0.29) is 23.1 Å². The second kappa shape index (κ2) is 7.93. The molecule has 0 aliphatic carbocycles. The average Bonchev–Trinajstić information content (AvgIpc) is 2.87. The molecule has 0 bridgehead atoms. The minimum Gasteiger partial charge on any atom is -0.326 e. The molecule has 0 radical (unpaired) electrons. The van der Waals surface area contributed by atoms with Gasteiger partial charge in [0.2, 0.25) is 11.8 Å². The fraction of sp³-hybridized carbons (Fsp3) is 0.222. The number of hydrogen-bond donors (Lipinski definition) is 3. The standard InChI is InChI=1S/C18H18N4O3S2/c1-9-10(2)27-17-15(9)16(25)21-18(22-17)26-8-14(24)20-13-6-4-5-12(7-13)19-11(3)23/h4-7H,8H2,1-3H3,(H,19,23)(H,20,24)(H,21,22,25). The van der Waals surface area contributed by atoms with Crippen molar-refractivity contribution in [3.63, 3.8) is 0 Å². The molecule has 0 aliphatic heterocycles. The third kappa shape index (κ3) is 4.55. The van der Waals surface area contributed by atoms with Crippen LogP contribution >= 0.6 is 23.1 Å². The number of aryl methyl sites for hydroxylation is 2. The molecule has 7 nitrogen and oxygen atoms in total. The Morgan fingerprint density at radius 2 is 1.93 bits per heavy atom. The van der Waals surface area contributed by atoms with E-state index >= 15 is 0 Å². The van der Waals surface area contributed by atoms with Gasteiger partial charge in [-0.1, -0.05) is 17.8 Å². The number of carbonyl (C=O) groups is 2. The van der Waals surface area contributed by atoms with Crippen LogP contribution in [0.4, 0.5) is 11.4 Å². The highest BCUT2D eigenvalue weighted by atomic mass is 32.2. The van der Waals surface area contributed by atoms with Crippen molar-refractivity contribution >= 4 is 56.5 Å². The van der Waals surface area contributed by atoms with E-state index in [1.165, 1.54) is 18.3 Å². The van der Waals surface area contributed by atoms with Crippen molar-refractivity contribution in [1.29, 1.82) is 0 Å². The number of benzene rings is 1. The first-order valence-corrected chi connectivity index (χ1v) is 9.94. The predicted octanol–water partition coefficient (Wildman–Crippen LogP) is 3.29. The van der Waals surface area contributed by atoms with Gasteiger partial charge in [-0.05, 0) is 37.6 Å². The summed E-state index contributed by atoms with van der Waals surface area (Å²) < 4.78 is 0. The number of aromatic nitrogens is 2. The van der Waals surface area contributed by atoms with Gasteiger partial charge in [-0.15, -0.1) is 11.3 Å². The third-order valence-electron chi connectivity index (χ3n) is 3.82. The number of amides is 2. The summed E-state index contributed by atoms with van der Waals surface area (Å²) in [5.74, 6) is -0.318. The summed E-state index contributed by atoms with van der Waals surface area (Å²) in [4.78, 5) is 44.5. The molecule has 3 aromatic rings. The number of carbonyl (C=O) groups excluding carboxylic acids is 2. The molecule has 0 aliphatic rings. The summed E-state index contributed by atoms with van der Waals surface area (Å²) in [6.07, 6.45) is 0. The molecule has 0 saturated heterocycles. The molecule has 0 fully saturated rings. The summed E-state index contributed by atoms with van der Waals surface area (Å²) in [5, 5.41) is 6.45. The number of fused-ring (bicyclic) bond motifs is 1. The maximum Gasteiger partial charge on any atom is 0.260 e. The first-order chi connectivity index (χ1) is 12.8. The quantitative estimate of drug-likeness (QED) is 0.449. The Labute approximate surface area is 163 Å². The van der Waals surface area contributed by atoms with Crippen molar-refractivity contribution in [2.45, 2.75) is 25.9 Å². The van der Waals surface area contributed by atoms with Gasteiger partial charge in [0.15, 0.2) is 5.16 Å². The lowest BCUT2D eigenvalue weighted by Crippen LogP contribution is -2.15. The maximum atomic E-state index is 12.3. The average molecular weight is 403 g/mol. The Bertz CT molecular complexity index is 1090. The Hall–Kier alpha value is -2.65. The number of H-pyrrole nitrogens is 1. The van der Waals surface area contributed by atoms with E-state index in [1.807, 2.05) is 13.8 Å². The highest BCUT2D eigenvalue weighted by Crippen LogP contribution is 2.27. The number of aromatic amines is 1. The van der Waals surface area contributed by atoms with E-state index in [9.17, 15) is 14.4 Å². The van der Waals surface area contributed by atoms with Crippen LogP contribution in [0.5, 0.6) is 0 Å². The number of rotatable bonds is 5. The van der Waals surface area contributed by atoms with Crippen LogP contribution < -0.4 is 16.2 Å². The lowest BCUT2D eigenvalue weighted by atomic mass is 10.2. The number of thiophene rings is 1. The van der Waals surface area contributed by atoms with Crippen LogP contribution in [-0.2, 0) is 9.59 Å². The van der Waals surface area contributed by atoms with Crippen molar-refractivity contribution in [3.05, 3.63) is 45.1 Å². The van der Waals surface area contributed by atoms with Crippen LogP contribution in [0.15, 0.2) is 34.2 Å². The molecule has 0 unspecified atom stereocenters. The van der Waals surface area contributed by atoms with E-state index in [0.29, 0.717) is 26.7 Å². The number of thioether (sulfide) groups is 1. The summed E-state index contributed by atoms with van der Waals surface area (Å²) >= 11 is 2.64. The number of nitrogens with one attached hydrogen (secondary N) is 3. The molecule has 2 aromatic heterocycles. The molecule has 1 aromatic carbocycles. The monoisotopic (exact) mass is 402 g/mol. The van der Waals surface area contributed by atoms with Gasteiger partial charge in [0.25, 0.3) is 5.56 Å². The molecular weight excluding hydrogens is 384 g/mol. The van der Waals surface area contributed by atoms with Crippen molar-refractivity contribution in [3.8, 4) is 0 Å². The minimum atomic E-state index is -0.235. The molecular formula is C18H18N4O3S2. The van der Waals surface area contributed by atoms with Gasteiger partial charge in [0.1, 0.15) is 4.83 Å². The number of nitrogens with zero attached hydrogens (tertiary/aromatic N) is 1. The van der Waals surface area contributed by atoms with Crippen LogP contribution in [0, 0.1) is 13.8 Å². The minimum absolute atomic E-state index is 0.0994. The smallest absolute Gasteiger partial charge is 0.260 e. The molecule has 2 heterocycles. The number of hydrogen-bond acceptors (Lipinski definition) is 6. The van der Waals surface area contributed by atoms with Crippen LogP contribution in [-0.4, -0.2) is 27.5 Å². The van der Waals surface area contributed by atoms with E-state index in [2.05, 4.69) is 20.6 Å². The van der Waals surface area contributed by atoms with Crippen LogP contribution in [0.3, 0.4) is 0 Å². The third-order valence-corrected chi connectivity index (χ3v) is 5.80. The maximum absolute atomic E-state index is 12.3. The molecule has 9 heteroatoms. The van der Waals surface area contributed by atoms with Crippen molar-refractivity contribution in [2.75, 3.05) is 16.4 Å². The highest BCUT2D eigenvalue weighted by molar-refractivity contribution is 7.99. The Morgan fingerprint density at radius 1 is 1.22 bits per heavy atom. The van der Waals surface area contributed by atoms with E-state index < -0.39 is 0 Å². The first-order valence-electron chi connectivity index (χ1n) is 8.14. The fourth-order valence-electron chi connectivity index (χ4n) is 2.51. The molecule has 0 atom stereocenters. The Balaban J connectivity index is 1.67. The SMILES string of the molecule is CC(=O)Nc1cccc(NC(=O)CSc2nc3sc(C)c(C)c3c(=O)[nH]2)c1. The van der Waals surface area contributed by atoms with Gasteiger partial charge < -0.3 is 15.6 Å². The second-order valence-electron chi connectivity index (χ2n) is 5.93. The summed E-state index contributed by atoms with van der Waals surface area (Å²) in [6.45, 7) is 5.28. The Kier molecular flexibility index (Phi) is 5.62. The molecule has 3 N–H and O–H groups in total. The van der Waals surface area contributed by atoms with Gasteiger partial charge in [-0.2, -0.15) is 0 Å². The lowest BCUT2D eigenvalue weighted by molar-refractivity contribution is -0.114. The van der Waals surface area contributed by atoms with Gasteiger partial charge in [0, 0.05) is 23.2 Å². The summed E-state index contributed by atoms with van der Waals surface area (Å²) in [5.41, 5.74) is 1.94. The summed E-state index contributed by atoms with van der Waals surface area (Å²) in [6, 6.07) is 6.88. The van der Waals surface area contributed by atoms with E-state index in [0.717, 1.165) is 22.2 Å². The first kappa shape index (κ1) is 19.1. The van der Waals surface area contributed by atoms with Gasteiger partial charge in [-0.3, -0.25) is 14.4 Å². The van der Waals surface area contributed by atoms with Gasteiger partial charge >= 0.3 is 0 Å². The topological polar surface area (TPSA) is 104 Å². The van der Waals surface area contributed by atoms with Crippen LogP contribution in [0.1, 0.15) is 17.4 Å².